The zero-order valence-electron chi connectivity index (χ0n) is 15.2. The Labute approximate surface area is 157 Å². The summed E-state index contributed by atoms with van der Waals surface area (Å²) >= 11 is 0. The second kappa shape index (κ2) is 7.38. The van der Waals surface area contributed by atoms with Gasteiger partial charge in [-0.15, -0.1) is 0 Å². The summed E-state index contributed by atoms with van der Waals surface area (Å²) in [6.07, 6.45) is 3.79. The molecule has 0 bridgehead atoms. The topological polar surface area (TPSA) is 44.5 Å². The molecule has 0 amide bonds. The summed E-state index contributed by atoms with van der Waals surface area (Å²) < 4.78 is 16.4. The summed E-state index contributed by atoms with van der Waals surface area (Å²) in [5.74, 6) is 1.94. The minimum absolute atomic E-state index is 0.560. The van der Waals surface area contributed by atoms with E-state index in [0.29, 0.717) is 17.4 Å². The summed E-state index contributed by atoms with van der Waals surface area (Å²) in [7, 11) is 3.24. The zero-order chi connectivity index (χ0) is 18.6. The first-order valence-corrected chi connectivity index (χ1v) is 8.63. The van der Waals surface area contributed by atoms with Gasteiger partial charge in [-0.25, -0.2) is 4.98 Å². The molecule has 0 aliphatic rings. The number of oxazole rings is 1. The fraction of sp³-hybridized carbons (Fsp3) is 0.0870. The number of nitrogens with zero attached hydrogens (tertiary/aromatic N) is 1. The Morgan fingerprint density at radius 2 is 1.59 bits per heavy atom. The van der Waals surface area contributed by atoms with E-state index in [1.54, 1.807) is 14.2 Å². The minimum Gasteiger partial charge on any atom is -0.493 e. The van der Waals surface area contributed by atoms with Crippen molar-refractivity contribution < 1.29 is 13.9 Å². The fourth-order valence-electron chi connectivity index (χ4n) is 2.95. The van der Waals surface area contributed by atoms with Crippen LogP contribution >= 0.6 is 0 Å². The van der Waals surface area contributed by atoms with Crippen LogP contribution in [0.15, 0.2) is 71.1 Å². The van der Waals surface area contributed by atoms with Crippen molar-refractivity contribution in [3.8, 4) is 22.6 Å². The maximum Gasteiger partial charge on any atom is 0.220 e. The van der Waals surface area contributed by atoms with Crippen LogP contribution in [0.1, 0.15) is 11.5 Å². The smallest absolute Gasteiger partial charge is 0.220 e. The highest BCUT2D eigenvalue weighted by Gasteiger charge is 2.06. The van der Waals surface area contributed by atoms with Crippen LogP contribution < -0.4 is 9.47 Å². The molecule has 0 fully saturated rings. The van der Waals surface area contributed by atoms with Crippen LogP contribution in [0, 0.1) is 0 Å². The van der Waals surface area contributed by atoms with Crippen LogP contribution in [0.4, 0.5) is 0 Å². The molecular weight excluding hydrogens is 338 g/mol. The van der Waals surface area contributed by atoms with Crippen molar-refractivity contribution >= 4 is 23.3 Å². The molecule has 1 heterocycles. The Kier molecular flexibility index (Phi) is 4.62. The fourth-order valence-corrected chi connectivity index (χ4v) is 2.95. The third-order valence-corrected chi connectivity index (χ3v) is 4.34. The van der Waals surface area contributed by atoms with Crippen molar-refractivity contribution in [3.05, 3.63) is 78.2 Å². The van der Waals surface area contributed by atoms with Gasteiger partial charge < -0.3 is 13.9 Å². The number of hydrogen-bond acceptors (Lipinski definition) is 4. The monoisotopic (exact) mass is 357 g/mol. The van der Waals surface area contributed by atoms with Gasteiger partial charge in [0.05, 0.1) is 14.2 Å². The average molecular weight is 357 g/mol. The molecule has 0 N–H and O–H groups in total. The van der Waals surface area contributed by atoms with Crippen molar-refractivity contribution in [2.45, 2.75) is 0 Å². The molecule has 1 aromatic heterocycles. The summed E-state index contributed by atoms with van der Waals surface area (Å²) in [5, 5.41) is 0. The molecular formula is C23H19NO3. The molecule has 0 aliphatic heterocycles. The summed E-state index contributed by atoms with van der Waals surface area (Å²) in [6, 6.07) is 22.0. The van der Waals surface area contributed by atoms with E-state index in [4.69, 9.17) is 13.9 Å². The van der Waals surface area contributed by atoms with E-state index < -0.39 is 0 Å². The Hall–Kier alpha value is -3.53. The zero-order valence-corrected chi connectivity index (χ0v) is 15.2. The van der Waals surface area contributed by atoms with Crippen LogP contribution in [-0.2, 0) is 0 Å². The van der Waals surface area contributed by atoms with E-state index in [2.05, 4.69) is 17.1 Å². The maximum atomic E-state index is 5.83. The number of rotatable bonds is 5. The Bertz CT molecular complexity index is 1100. The summed E-state index contributed by atoms with van der Waals surface area (Å²) in [5.41, 5.74) is 4.85. The second-order valence-electron chi connectivity index (χ2n) is 6.05. The lowest BCUT2D eigenvalue weighted by Crippen LogP contribution is -1.90. The van der Waals surface area contributed by atoms with Gasteiger partial charge in [0, 0.05) is 6.08 Å². The van der Waals surface area contributed by atoms with Crippen LogP contribution in [0.3, 0.4) is 0 Å². The molecule has 27 heavy (non-hydrogen) atoms. The molecule has 4 aromatic rings. The largest absolute Gasteiger partial charge is 0.493 e. The van der Waals surface area contributed by atoms with E-state index in [1.807, 2.05) is 66.7 Å². The number of benzene rings is 3. The molecule has 4 heteroatoms. The van der Waals surface area contributed by atoms with Crippen molar-refractivity contribution in [2.24, 2.45) is 0 Å². The highest BCUT2D eigenvalue weighted by atomic mass is 16.5. The number of hydrogen-bond donors (Lipinski definition) is 0. The number of methoxy groups -OCH3 is 2. The summed E-state index contributed by atoms with van der Waals surface area (Å²) in [4.78, 5) is 4.58. The van der Waals surface area contributed by atoms with Crippen LogP contribution in [0.25, 0.3) is 34.4 Å². The lowest BCUT2D eigenvalue weighted by molar-refractivity contribution is 0.355. The van der Waals surface area contributed by atoms with Gasteiger partial charge in [-0.05, 0) is 47.0 Å². The van der Waals surface area contributed by atoms with Crippen LogP contribution in [0.5, 0.6) is 11.5 Å². The van der Waals surface area contributed by atoms with Gasteiger partial charge in [-0.1, -0.05) is 42.5 Å². The van der Waals surface area contributed by atoms with Crippen LogP contribution in [0.2, 0.25) is 0 Å². The number of aromatic nitrogens is 1. The van der Waals surface area contributed by atoms with Crippen molar-refractivity contribution in [1.82, 2.24) is 4.98 Å². The first-order valence-electron chi connectivity index (χ1n) is 8.63. The Morgan fingerprint density at radius 1 is 0.778 bits per heavy atom. The number of ether oxygens (including phenoxy) is 2. The van der Waals surface area contributed by atoms with E-state index >= 15 is 0 Å². The third-order valence-electron chi connectivity index (χ3n) is 4.34. The maximum absolute atomic E-state index is 5.83. The molecule has 4 nitrogen and oxygen atoms in total. The van der Waals surface area contributed by atoms with E-state index in [-0.39, 0.29) is 0 Å². The third kappa shape index (κ3) is 3.55. The minimum atomic E-state index is 0.560. The Balaban J connectivity index is 1.62. The average Bonchev–Trinajstić information content (AvgIpc) is 3.14. The van der Waals surface area contributed by atoms with Crippen molar-refractivity contribution in [1.29, 1.82) is 0 Å². The first-order chi connectivity index (χ1) is 13.3. The molecule has 0 saturated heterocycles. The quantitative estimate of drug-likeness (QED) is 0.461. The molecule has 4 rings (SSSR count). The summed E-state index contributed by atoms with van der Waals surface area (Å²) in [6.45, 7) is 0. The van der Waals surface area contributed by atoms with Gasteiger partial charge in [0.1, 0.15) is 5.52 Å². The SMILES string of the molecule is COc1ccc(C=Cc2nc3cc(-c4ccccc4)ccc3o2)cc1OC. The van der Waals surface area contributed by atoms with E-state index in [1.165, 1.54) is 0 Å². The van der Waals surface area contributed by atoms with Gasteiger partial charge in [0.2, 0.25) is 5.89 Å². The highest BCUT2D eigenvalue weighted by Crippen LogP contribution is 2.29. The molecule has 0 radical (unpaired) electrons. The predicted octanol–water partition coefficient (Wildman–Crippen LogP) is 5.68. The van der Waals surface area contributed by atoms with Gasteiger partial charge in [0.25, 0.3) is 0 Å². The molecule has 0 atom stereocenters. The molecule has 0 spiro atoms. The van der Waals surface area contributed by atoms with E-state index in [0.717, 1.165) is 27.8 Å². The lowest BCUT2D eigenvalue weighted by atomic mass is 10.1. The van der Waals surface area contributed by atoms with Crippen molar-refractivity contribution in [3.63, 3.8) is 0 Å². The molecule has 0 unspecified atom stereocenters. The second-order valence-corrected chi connectivity index (χ2v) is 6.05. The van der Waals surface area contributed by atoms with Gasteiger partial charge >= 0.3 is 0 Å². The standard InChI is InChI=1S/C23H19NO3/c1-25-21-11-8-16(14-22(21)26-2)9-13-23-24-19-15-18(10-12-20(19)27-23)17-6-4-3-5-7-17/h3-15H,1-2H3. The Morgan fingerprint density at radius 3 is 2.37 bits per heavy atom. The van der Waals surface area contributed by atoms with Gasteiger partial charge in [-0.2, -0.15) is 0 Å². The van der Waals surface area contributed by atoms with Gasteiger partial charge in [-0.3, -0.25) is 0 Å². The molecule has 0 saturated carbocycles. The van der Waals surface area contributed by atoms with Crippen LogP contribution in [-0.4, -0.2) is 19.2 Å². The normalized spacial score (nSPS) is 11.2. The number of fused-ring (bicyclic) bond motifs is 1. The first kappa shape index (κ1) is 16.9. The van der Waals surface area contributed by atoms with Gasteiger partial charge in [0.15, 0.2) is 17.1 Å². The predicted molar refractivity (Wildman–Crippen MR) is 108 cm³/mol. The molecule has 3 aromatic carbocycles. The molecule has 0 aliphatic carbocycles. The highest BCUT2D eigenvalue weighted by molar-refractivity contribution is 5.82. The van der Waals surface area contributed by atoms with E-state index in [9.17, 15) is 0 Å². The lowest BCUT2D eigenvalue weighted by Gasteiger charge is -2.07. The van der Waals surface area contributed by atoms with Crippen molar-refractivity contribution in [2.75, 3.05) is 14.2 Å². The molecule has 134 valence electrons.